The van der Waals surface area contributed by atoms with E-state index in [1.165, 1.54) is 4.90 Å². The molecular formula is C30H41N5O6. The zero-order valence-electron chi connectivity index (χ0n) is 24.3. The molecule has 1 aromatic carbocycles. The molecule has 2 amide bonds. The third-order valence-electron chi connectivity index (χ3n) is 8.03. The van der Waals surface area contributed by atoms with E-state index in [0.717, 1.165) is 38.0 Å². The van der Waals surface area contributed by atoms with Crippen molar-refractivity contribution in [2.24, 2.45) is 5.92 Å². The molecule has 1 aromatic heterocycles. The predicted molar refractivity (Wildman–Crippen MR) is 150 cm³/mol. The average molecular weight is 568 g/mol. The lowest BCUT2D eigenvalue weighted by Gasteiger charge is -2.30. The number of benzene rings is 1. The molecule has 0 bridgehead atoms. The highest BCUT2D eigenvalue weighted by molar-refractivity contribution is 5.91. The van der Waals surface area contributed by atoms with Gasteiger partial charge in [-0.3, -0.25) is 14.5 Å². The summed E-state index contributed by atoms with van der Waals surface area (Å²) in [6.07, 6.45) is 1.66. The maximum atomic E-state index is 13.8. The lowest BCUT2D eigenvalue weighted by Crippen LogP contribution is -2.48. The van der Waals surface area contributed by atoms with Gasteiger partial charge >= 0.3 is 0 Å². The number of nitriles is 1. The van der Waals surface area contributed by atoms with Gasteiger partial charge in [0.05, 0.1) is 29.9 Å². The number of piperidine rings is 1. The first-order valence-corrected chi connectivity index (χ1v) is 14.3. The predicted octanol–water partition coefficient (Wildman–Crippen LogP) is 2.61. The molecule has 41 heavy (non-hydrogen) atoms. The van der Waals surface area contributed by atoms with E-state index in [9.17, 15) is 14.7 Å². The Balaban J connectivity index is 1.37. The van der Waals surface area contributed by atoms with E-state index in [-0.39, 0.29) is 36.7 Å². The molecule has 0 aliphatic carbocycles. The van der Waals surface area contributed by atoms with Gasteiger partial charge in [0.15, 0.2) is 5.76 Å². The van der Waals surface area contributed by atoms with Crippen LogP contribution in [0, 0.1) is 17.2 Å². The second kappa shape index (κ2) is 13.9. The van der Waals surface area contributed by atoms with Crippen LogP contribution in [-0.4, -0.2) is 90.0 Å². The Hall–Kier alpha value is -3.46. The summed E-state index contributed by atoms with van der Waals surface area (Å²) in [6, 6.07) is 9.53. The standard InChI is InChI=1S/C30H41N5O6/c1-19(2)28(26-16-27(33-41-26)40-14-13-34-11-9-24(39-4)10-12-34)30(38)35-18-23(36)15-25(35)29(37)32-20(3)22-7-5-21(17-31)6-8-22/h5-8,16,19-20,23-25,28,36H,9-15,18H2,1-4H3,(H,32,37)/t20-,23+,25-,28+/m0/s1. The van der Waals surface area contributed by atoms with Crippen molar-refractivity contribution < 1.29 is 28.7 Å². The Morgan fingerprint density at radius 1 is 1.22 bits per heavy atom. The molecule has 0 radical (unpaired) electrons. The molecule has 2 fully saturated rings. The lowest BCUT2D eigenvalue weighted by molar-refractivity contribution is -0.141. The van der Waals surface area contributed by atoms with Gasteiger partial charge in [0.1, 0.15) is 18.6 Å². The molecule has 3 heterocycles. The first kappa shape index (κ1) is 30.5. The number of β-amino-alcohol motifs (C(OH)–C–C–N with tert-alkyl or cyclic N) is 1. The van der Waals surface area contributed by atoms with E-state index >= 15 is 0 Å². The first-order chi connectivity index (χ1) is 19.7. The molecule has 0 saturated carbocycles. The zero-order chi connectivity index (χ0) is 29.5. The van der Waals surface area contributed by atoms with Crippen molar-refractivity contribution in [2.75, 3.05) is 39.9 Å². The van der Waals surface area contributed by atoms with E-state index < -0.39 is 18.1 Å². The van der Waals surface area contributed by atoms with Gasteiger partial charge in [-0.25, -0.2) is 0 Å². The highest BCUT2D eigenvalue weighted by Gasteiger charge is 2.43. The SMILES string of the molecule is COC1CCN(CCOc2cc([C@H](C(=O)N3C[C@H](O)C[C@H]3C(=O)N[C@@H](C)c3ccc(C#N)cc3)C(C)C)on2)CC1. The van der Waals surface area contributed by atoms with Crippen molar-refractivity contribution in [3.8, 4) is 11.9 Å². The molecular weight excluding hydrogens is 526 g/mol. The molecule has 11 nitrogen and oxygen atoms in total. The van der Waals surface area contributed by atoms with Crippen LogP contribution in [0.1, 0.15) is 68.9 Å². The van der Waals surface area contributed by atoms with Crippen LogP contribution in [0.25, 0.3) is 0 Å². The normalized spacial score (nSPS) is 21.4. The molecule has 0 unspecified atom stereocenters. The molecule has 4 rings (SSSR count). The van der Waals surface area contributed by atoms with E-state index in [1.807, 2.05) is 20.8 Å². The Morgan fingerprint density at radius 3 is 2.56 bits per heavy atom. The summed E-state index contributed by atoms with van der Waals surface area (Å²) in [4.78, 5) is 30.9. The molecule has 2 N–H and O–H groups in total. The number of nitrogens with zero attached hydrogens (tertiary/aromatic N) is 4. The molecule has 0 spiro atoms. The van der Waals surface area contributed by atoms with Gasteiger partial charge in [0.25, 0.3) is 5.88 Å². The number of aromatic nitrogens is 1. The Bertz CT molecular complexity index is 1200. The number of carbonyl (C=O) groups is 2. The van der Waals surface area contributed by atoms with Crippen molar-refractivity contribution in [1.29, 1.82) is 5.26 Å². The number of ether oxygens (including phenoxy) is 2. The second-order valence-electron chi connectivity index (χ2n) is 11.3. The molecule has 222 valence electrons. The third-order valence-corrected chi connectivity index (χ3v) is 8.03. The van der Waals surface area contributed by atoms with Gasteiger partial charge in [-0.15, -0.1) is 0 Å². The van der Waals surface area contributed by atoms with Crippen LogP contribution in [-0.2, 0) is 14.3 Å². The number of carbonyl (C=O) groups excluding carboxylic acids is 2. The Morgan fingerprint density at radius 2 is 1.93 bits per heavy atom. The van der Waals surface area contributed by atoms with Gasteiger partial charge in [-0.05, 0) is 48.5 Å². The first-order valence-electron chi connectivity index (χ1n) is 14.3. The summed E-state index contributed by atoms with van der Waals surface area (Å²) in [5.74, 6) is -0.796. The van der Waals surface area contributed by atoms with Crippen LogP contribution in [0.4, 0.5) is 0 Å². The van der Waals surface area contributed by atoms with E-state index in [2.05, 4.69) is 21.4 Å². The molecule has 4 atom stereocenters. The Labute approximate surface area is 241 Å². The molecule has 2 saturated heterocycles. The number of hydrogen-bond acceptors (Lipinski definition) is 9. The number of aliphatic hydroxyl groups is 1. The lowest BCUT2D eigenvalue weighted by atomic mass is 9.91. The maximum Gasteiger partial charge on any atom is 0.254 e. The summed E-state index contributed by atoms with van der Waals surface area (Å²) < 4.78 is 16.8. The quantitative estimate of drug-likeness (QED) is 0.419. The van der Waals surface area contributed by atoms with Crippen LogP contribution in [0.5, 0.6) is 5.88 Å². The summed E-state index contributed by atoms with van der Waals surface area (Å²) >= 11 is 0. The minimum atomic E-state index is -0.819. The van der Waals surface area contributed by atoms with E-state index in [4.69, 9.17) is 19.3 Å². The van der Waals surface area contributed by atoms with Gasteiger partial charge in [-0.1, -0.05) is 26.0 Å². The Kier molecular flexibility index (Phi) is 10.4. The van der Waals surface area contributed by atoms with Crippen LogP contribution < -0.4 is 10.1 Å². The zero-order valence-corrected chi connectivity index (χ0v) is 24.3. The highest BCUT2D eigenvalue weighted by Crippen LogP contribution is 2.32. The van der Waals surface area contributed by atoms with Crippen LogP contribution in [0.3, 0.4) is 0 Å². The number of methoxy groups -OCH3 is 1. The monoisotopic (exact) mass is 567 g/mol. The van der Waals surface area contributed by atoms with E-state index in [0.29, 0.717) is 29.9 Å². The van der Waals surface area contributed by atoms with Crippen LogP contribution in [0.2, 0.25) is 0 Å². The minimum absolute atomic E-state index is 0.0582. The smallest absolute Gasteiger partial charge is 0.254 e. The highest BCUT2D eigenvalue weighted by atomic mass is 16.5. The second-order valence-corrected chi connectivity index (χ2v) is 11.3. The van der Waals surface area contributed by atoms with Crippen molar-refractivity contribution in [3.63, 3.8) is 0 Å². The molecule has 11 heteroatoms. The van der Waals surface area contributed by atoms with Crippen molar-refractivity contribution in [3.05, 3.63) is 47.2 Å². The fourth-order valence-electron chi connectivity index (χ4n) is 5.59. The van der Waals surface area contributed by atoms with Gasteiger partial charge in [0, 0.05) is 45.8 Å². The van der Waals surface area contributed by atoms with Crippen molar-refractivity contribution in [2.45, 2.75) is 70.2 Å². The fourth-order valence-corrected chi connectivity index (χ4v) is 5.59. The number of aliphatic hydroxyl groups excluding tert-OH is 1. The third kappa shape index (κ3) is 7.64. The minimum Gasteiger partial charge on any atom is -0.474 e. The van der Waals surface area contributed by atoms with Crippen molar-refractivity contribution >= 4 is 11.8 Å². The number of likely N-dealkylation sites (tertiary alicyclic amines) is 2. The van der Waals surface area contributed by atoms with Gasteiger partial charge in [-0.2, -0.15) is 5.26 Å². The summed E-state index contributed by atoms with van der Waals surface area (Å²) in [5.41, 5.74) is 1.37. The molecule has 2 aliphatic rings. The summed E-state index contributed by atoms with van der Waals surface area (Å²) in [7, 11) is 1.75. The number of amides is 2. The number of rotatable bonds is 11. The average Bonchev–Trinajstić information content (AvgIpc) is 3.60. The number of hydrogen-bond donors (Lipinski definition) is 2. The van der Waals surface area contributed by atoms with Crippen LogP contribution in [0.15, 0.2) is 34.9 Å². The van der Waals surface area contributed by atoms with E-state index in [1.54, 1.807) is 37.4 Å². The van der Waals surface area contributed by atoms with Gasteiger partial charge in [0.2, 0.25) is 11.8 Å². The molecule has 2 aromatic rings. The summed E-state index contributed by atoms with van der Waals surface area (Å²) in [6.45, 7) is 8.83. The topological polar surface area (TPSA) is 141 Å². The van der Waals surface area contributed by atoms with Gasteiger partial charge < -0.3 is 29.3 Å². The van der Waals surface area contributed by atoms with Crippen molar-refractivity contribution in [1.82, 2.24) is 20.3 Å². The van der Waals surface area contributed by atoms with Crippen LogP contribution >= 0.6 is 0 Å². The number of nitrogens with one attached hydrogen (secondary N) is 1. The summed E-state index contributed by atoms with van der Waals surface area (Å²) in [5, 5.41) is 26.5. The maximum absolute atomic E-state index is 13.8. The molecule has 2 aliphatic heterocycles. The largest absolute Gasteiger partial charge is 0.474 e. The fraction of sp³-hybridized carbons (Fsp3) is 0.600.